The van der Waals surface area contributed by atoms with E-state index in [-0.39, 0.29) is 17.0 Å². The summed E-state index contributed by atoms with van der Waals surface area (Å²) in [5.74, 6) is -0.602. The van der Waals surface area contributed by atoms with Crippen LogP contribution in [0.4, 0.5) is 4.39 Å². The molecule has 20 heavy (non-hydrogen) atoms. The second kappa shape index (κ2) is 7.09. The Morgan fingerprint density at radius 3 is 2.60 bits per heavy atom. The fourth-order valence-corrected chi connectivity index (χ4v) is 2.44. The fraction of sp³-hybridized carbons (Fsp3) is 0.200. The van der Waals surface area contributed by atoms with Crippen LogP contribution in [0.25, 0.3) is 0 Å². The first-order chi connectivity index (χ1) is 9.10. The standard InChI is InChI=1S/C15H13BrFNO.BrH/c1-2-11-4-3-5-12(8-11)15(16,10-19)13-6-7-18-14(17)9-13;/h3-10H,2H2,1H3;1H. The quantitative estimate of drug-likeness (QED) is 0.435. The van der Waals surface area contributed by atoms with E-state index in [0.29, 0.717) is 5.56 Å². The van der Waals surface area contributed by atoms with Gasteiger partial charge in [-0.2, -0.15) is 4.39 Å². The first-order valence-electron chi connectivity index (χ1n) is 5.97. The predicted molar refractivity (Wildman–Crippen MR) is 86.1 cm³/mol. The van der Waals surface area contributed by atoms with E-state index in [0.717, 1.165) is 23.8 Å². The lowest BCUT2D eigenvalue weighted by Crippen LogP contribution is -2.22. The molecule has 5 heteroatoms. The Labute approximate surface area is 136 Å². The first-order valence-corrected chi connectivity index (χ1v) is 6.76. The zero-order chi connectivity index (χ0) is 13.9. The average Bonchev–Trinajstić information content (AvgIpc) is 2.46. The molecular weight excluding hydrogens is 389 g/mol. The summed E-state index contributed by atoms with van der Waals surface area (Å²) in [5, 5.41) is 0. The van der Waals surface area contributed by atoms with Gasteiger partial charge < -0.3 is 4.79 Å². The van der Waals surface area contributed by atoms with E-state index in [2.05, 4.69) is 20.9 Å². The molecule has 0 saturated carbocycles. The number of aromatic nitrogens is 1. The highest BCUT2D eigenvalue weighted by atomic mass is 79.9. The minimum Gasteiger partial charge on any atom is -0.301 e. The monoisotopic (exact) mass is 401 g/mol. The third-order valence-electron chi connectivity index (χ3n) is 3.06. The van der Waals surface area contributed by atoms with Crippen LogP contribution in [0.15, 0.2) is 42.6 Å². The lowest BCUT2D eigenvalue weighted by atomic mass is 9.91. The molecule has 1 heterocycles. The molecular formula is C15H14Br2FNO. The van der Waals surface area contributed by atoms with Crippen LogP contribution in [0.3, 0.4) is 0 Å². The Bertz CT molecular complexity index is 606. The van der Waals surface area contributed by atoms with Gasteiger partial charge in [-0.05, 0) is 35.2 Å². The normalized spacial score (nSPS) is 13.2. The van der Waals surface area contributed by atoms with Gasteiger partial charge in [0.1, 0.15) is 10.6 Å². The summed E-state index contributed by atoms with van der Waals surface area (Å²) in [5.41, 5.74) is 2.44. The summed E-state index contributed by atoms with van der Waals surface area (Å²) in [6, 6.07) is 10.6. The number of nitrogens with zero attached hydrogens (tertiary/aromatic N) is 1. The molecule has 0 aliphatic heterocycles. The molecule has 2 rings (SSSR count). The lowest BCUT2D eigenvalue weighted by molar-refractivity contribution is -0.109. The molecule has 0 N–H and O–H groups in total. The number of aldehydes is 1. The van der Waals surface area contributed by atoms with Gasteiger partial charge in [-0.1, -0.05) is 47.1 Å². The topological polar surface area (TPSA) is 30.0 Å². The second-order valence-electron chi connectivity index (χ2n) is 4.25. The van der Waals surface area contributed by atoms with Crippen molar-refractivity contribution in [1.29, 1.82) is 0 Å². The van der Waals surface area contributed by atoms with Crippen molar-refractivity contribution in [3.05, 3.63) is 65.2 Å². The largest absolute Gasteiger partial charge is 0.301 e. The molecule has 1 aromatic carbocycles. The van der Waals surface area contributed by atoms with E-state index in [4.69, 9.17) is 0 Å². The molecule has 0 spiro atoms. The maximum atomic E-state index is 13.2. The first kappa shape index (κ1) is 17.0. The lowest BCUT2D eigenvalue weighted by Gasteiger charge is -2.22. The van der Waals surface area contributed by atoms with Crippen LogP contribution in [0.5, 0.6) is 0 Å². The zero-order valence-electron chi connectivity index (χ0n) is 10.8. The minimum atomic E-state index is -1.04. The number of benzene rings is 1. The van der Waals surface area contributed by atoms with Gasteiger partial charge in [-0.25, -0.2) is 4.98 Å². The van der Waals surface area contributed by atoms with E-state index in [1.54, 1.807) is 6.07 Å². The molecule has 1 aromatic heterocycles. The van der Waals surface area contributed by atoms with Crippen LogP contribution in [0.1, 0.15) is 23.6 Å². The van der Waals surface area contributed by atoms with Crippen molar-refractivity contribution < 1.29 is 9.18 Å². The zero-order valence-corrected chi connectivity index (χ0v) is 14.1. The molecule has 0 fully saturated rings. The van der Waals surface area contributed by atoms with Crippen LogP contribution in [0.2, 0.25) is 0 Å². The Hall–Kier alpha value is -1.07. The maximum Gasteiger partial charge on any atom is 0.213 e. The number of carbonyl (C=O) groups excluding carboxylic acids is 1. The SMILES string of the molecule is Br.CCc1cccc(C(Br)(C=O)c2ccnc(F)c2)c1. The van der Waals surface area contributed by atoms with Crippen LogP contribution >= 0.6 is 32.9 Å². The van der Waals surface area contributed by atoms with Crippen molar-refractivity contribution >= 4 is 39.2 Å². The number of rotatable bonds is 4. The van der Waals surface area contributed by atoms with Crippen LogP contribution in [0, 0.1) is 5.95 Å². The number of pyridine rings is 1. The number of hydrogen-bond acceptors (Lipinski definition) is 2. The molecule has 0 radical (unpaired) electrons. The molecule has 2 nitrogen and oxygen atoms in total. The molecule has 1 unspecified atom stereocenters. The third-order valence-corrected chi connectivity index (χ3v) is 4.17. The summed E-state index contributed by atoms with van der Waals surface area (Å²) < 4.78 is 12.2. The summed E-state index contributed by atoms with van der Waals surface area (Å²) in [6.45, 7) is 2.04. The molecule has 2 aromatic rings. The summed E-state index contributed by atoms with van der Waals surface area (Å²) in [4.78, 5) is 15.1. The van der Waals surface area contributed by atoms with Gasteiger partial charge in [0.15, 0.2) is 0 Å². The highest BCUT2D eigenvalue weighted by molar-refractivity contribution is 9.10. The Morgan fingerprint density at radius 2 is 2.00 bits per heavy atom. The smallest absolute Gasteiger partial charge is 0.213 e. The molecule has 0 amide bonds. The molecule has 0 aliphatic carbocycles. The molecule has 0 aliphatic rings. The van der Waals surface area contributed by atoms with Gasteiger partial charge in [0.25, 0.3) is 0 Å². The van der Waals surface area contributed by atoms with Gasteiger partial charge in [0.05, 0.1) is 0 Å². The summed E-state index contributed by atoms with van der Waals surface area (Å²) >= 11 is 3.44. The van der Waals surface area contributed by atoms with Gasteiger partial charge in [0.2, 0.25) is 5.95 Å². The Kier molecular flexibility index (Phi) is 6.02. The van der Waals surface area contributed by atoms with Crippen molar-refractivity contribution in [2.24, 2.45) is 0 Å². The second-order valence-corrected chi connectivity index (χ2v) is 5.50. The van der Waals surface area contributed by atoms with E-state index >= 15 is 0 Å². The fourth-order valence-electron chi connectivity index (χ4n) is 1.95. The van der Waals surface area contributed by atoms with Gasteiger partial charge >= 0.3 is 0 Å². The van der Waals surface area contributed by atoms with Gasteiger partial charge in [-0.15, -0.1) is 17.0 Å². The van der Waals surface area contributed by atoms with Crippen molar-refractivity contribution in [3.63, 3.8) is 0 Å². The average molecular weight is 403 g/mol. The predicted octanol–water partition coefficient (Wildman–Crippen LogP) is 4.20. The van der Waals surface area contributed by atoms with Crippen molar-refractivity contribution in [2.45, 2.75) is 17.7 Å². The van der Waals surface area contributed by atoms with E-state index in [9.17, 15) is 9.18 Å². The third kappa shape index (κ3) is 3.33. The number of hydrogen-bond donors (Lipinski definition) is 0. The Morgan fingerprint density at radius 1 is 1.30 bits per heavy atom. The van der Waals surface area contributed by atoms with Crippen LogP contribution in [-0.4, -0.2) is 11.3 Å². The van der Waals surface area contributed by atoms with Gasteiger partial charge in [0, 0.05) is 6.20 Å². The molecule has 106 valence electrons. The number of aryl methyl sites for hydroxylation is 1. The van der Waals surface area contributed by atoms with Crippen molar-refractivity contribution in [1.82, 2.24) is 4.98 Å². The van der Waals surface area contributed by atoms with Crippen molar-refractivity contribution in [2.75, 3.05) is 0 Å². The van der Waals surface area contributed by atoms with Crippen molar-refractivity contribution in [3.8, 4) is 0 Å². The number of halogens is 3. The summed E-state index contributed by atoms with van der Waals surface area (Å²) in [7, 11) is 0. The minimum absolute atomic E-state index is 0. The molecule has 0 bridgehead atoms. The maximum absolute atomic E-state index is 13.2. The van der Waals surface area contributed by atoms with Crippen LogP contribution in [-0.2, 0) is 15.5 Å². The van der Waals surface area contributed by atoms with E-state index < -0.39 is 10.3 Å². The number of alkyl halides is 1. The Balaban J connectivity index is 0.00000200. The highest BCUT2D eigenvalue weighted by Crippen LogP contribution is 2.37. The van der Waals surface area contributed by atoms with E-state index in [1.807, 2.05) is 31.2 Å². The summed E-state index contributed by atoms with van der Waals surface area (Å²) in [6.07, 6.45) is 3.00. The molecule has 1 atom stereocenters. The highest BCUT2D eigenvalue weighted by Gasteiger charge is 2.31. The molecule has 0 saturated heterocycles. The van der Waals surface area contributed by atoms with Crippen LogP contribution < -0.4 is 0 Å². The van der Waals surface area contributed by atoms with E-state index in [1.165, 1.54) is 12.3 Å². The number of carbonyl (C=O) groups is 1. The van der Waals surface area contributed by atoms with Gasteiger partial charge in [-0.3, -0.25) is 0 Å².